The van der Waals surface area contributed by atoms with Crippen molar-refractivity contribution in [2.75, 3.05) is 13.2 Å². The number of nitrogens with zero attached hydrogens (tertiary/aromatic N) is 1. The Balaban J connectivity index is 1.66. The Morgan fingerprint density at radius 2 is 1.81 bits per heavy atom. The Morgan fingerprint density at radius 3 is 2.44 bits per heavy atom. The van der Waals surface area contributed by atoms with Crippen molar-refractivity contribution in [2.24, 2.45) is 0 Å². The van der Waals surface area contributed by atoms with Crippen molar-refractivity contribution >= 4 is 28.8 Å². The maximum atomic E-state index is 13.2. The van der Waals surface area contributed by atoms with Crippen LogP contribution in [0.15, 0.2) is 65.6 Å². The summed E-state index contributed by atoms with van der Waals surface area (Å²) >= 11 is 1.47. The van der Waals surface area contributed by atoms with Crippen molar-refractivity contribution in [1.29, 1.82) is 0 Å². The molecule has 2 aromatic carbocycles. The quantitative estimate of drug-likeness (QED) is 0.226. The summed E-state index contributed by atoms with van der Waals surface area (Å²) in [6, 6.07) is 16.4. The number of Topliss-reactive ketones (excluding diaryl/α,β-unsaturated/α-hetero) is 1. The van der Waals surface area contributed by atoms with Crippen molar-refractivity contribution in [3.8, 4) is 5.75 Å². The molecule has 0 spiro atoms. The number of aliphatic hydroxyl groups excluding tert-OH is 1. The van der Waals surface area contributed by atoms with Crippen LogP contribution in [0.5, 0.6) is 5.75 Å². The number of carbonyl (C=O) groups excluding carboxylic acids is 2. The van der Waals surface area contributed by atoms with E-state index in [2.05, 4.69) is 0 Å². The second-order valence-electron chi connectivity index (χ2n) is 9.13. The number of ether oxygens (including phenoxy) is 2. The number of hydrogen-bond donors (Lipinski definition) is 1. The van der Waals surface area contributed by atoms with E-state index in [0.717, 1.165) is 21.6 Å². The van der Waals surface area contributed by atoms with Crippen LogP contribution >= 0.6 is 11.3 Å². The third-order valence-corrected chi connectivity index (χ3v) is 7.23. The molecule has 1 aliphatic heterocycles. The van der Waals surface area contributed by atoms with Gasteiger partial charge >= 0.3 is 0 Å². The zero-order valence-corrected chi connectivity index (χ0v) is 21.8. The average Bonchev–Trinajstić information content (AvgIpc) is 3.38. The number of aliphatic hydroxyl groups is 1. The lowest BCUT2D eigenvalue weighted by atomic mass is 9.97. The van der Waals surface area contributed by atoms with Crippen molar-refractivity contribution in [3.05, 3.63) is 92.7 Å². The summed E-state index contributed by atoms with van der Waals surface area (Å²) in [5.41, 5.74) is 3.41. The Bertz CT molecular complexity index is 1280. The van der Waals surface area contributed by atoms with Crippen molar-refractivity contribution in [3.63, 3.8) is 0 Å². The minimum atomic E-state index is -0.683. The van der Waals surface area contributed by atoms with Gasteiger partial charge in [-0.25, -0.2) is 0 Å². The monoisotopic (exact) mass is 505 g/mol. The molecule has 1 atom stereocenters. The summed E-state index contributed by atoms with van der Waals surface area (Å²) in [4.78, 5) is 28.6. The van der Waals surface area contributed by atoms with E-state index in [1.165, 1.54) is 16.2 Å². The van der Waals surface area contributed by atoms with Gasteiger partial charge in [-0.15, -0.1) is 11.3 Å². The number of carbonyl (C=O) groups is 2. The van der Waals surface area contributed by atoms with Crippen LogP contribution in [-0.4, -0.2) is 41.0 Å². The molecule has 0 radical (unpaired) electrons. The molecular weight excluding hydrogens is 474 g/mol. The molecule has 0 bridgehead atoms. The average molecular weight is 506 g/mol. The minimum Gasteiger partial charge on any atom is -0.507 e. The third kappa shape index (κ3) is 5.37. The topological polar surface area (TPSA) is 76.1 Å². The van der Waals surface area contributed by atoms with E-state index in [9.17, 15) is 14.7 Å². The van der Waals surface area contributed by atoms with E-state index in [0.29, 0.717) is 24.5 Å². The highest BCUT2D eigenvalue weighted by Crippen LogP contribution is 2.42. The van der Waals surface area contributed by atoms with Crippen LogP contribution in [0, 0.1) is 13.8 Å². The van der Waals surface area contributed by atoms with Crippen LogP contribution in [0.2, 0.25) is 0 Å². The Labute approximate surface area is 215 Å². The molecule has 1 saturated heterocycles. The van der Waals surface area contributed by atoms with Gasteiger partial charge in [-0.2, -0.15) is 0 Å². The molecule has 0 saturated carbocycles. The molecule has 4 rings (SSSR count). The van der Waals surface area contributed by atoms with Crippen LogP contribution in [0.25, 0.3) is 5.76 Å². The predicted octanol–water partition coefficient (Wildman–Crippen LogP) is 5.79. The zero-order valence-electron chi connectivity index (χ0n) is 21.0. The fraction of sp³-hybridized carbons (Fsp3) is 0.310. The molecule has 36 heavy (non-hydrogen) atoms. The molecule has 1 N–H and O–H groups in total. The van der Waals surface area contributed by atoms with Crippen molar-refractivity contribution in [2.45, 2.75) is 46.4 Å². The summed E-state index contributed by atoms with van der Waals surface area (Å²) in [5, 5.41) is 13.3. The highest BCUT2D eigenvalue weighted by Gasteiger charge is 2.46. The highest BCUT2D eigenvalue weighted by molar-refractivity contribution is 7.10. The van der Waals surface area contributed by atoms with Crippen LogP contribution in [0.1, 0.15) is 47.0 Å². The first kappa shape index (κ1) is 25.7. The fourth-order valence-corrected chi connectivity index (χ4v) is 5.33. The van der Waals surface area contributed by atoms with E-state index in [4.69, 9.17) is 9.47 Å². The maximum Gasteiger partial charge on any atom is 0.295 e. The fourth-order valence-electron chi connectivity index (χ4n) is 4.28. The van der Waals surface area contributed by atoms with Gasteiger partial charge in [0.1, 0.15) is 18.1 Å². The largest absolute Gasteiger partial charge is 0.507 e. The van der Waals surface area contributed by atoms with E-state index >= 15 is 0 Å². The van der Waals surface area contributed by atoms with Crippen LogP contribution < -0.4 is 4.74 Å². The number of amides is 1. The van der Waals surface area contributed by atoms with Gasteiger partial charge in [0.15, 0.2) is 0 Å². The number of hydrogen-bond acceptors (Lipinski definition) is 6. The number of rotatable bonds is 9. The Kier molecular flexibility index (Phi) is 7.91. The van der Waals surface area contributed by atoms with Gasteiger partial charge in [0.2, 0.25) is 0 Å². The standard InChI is InChI=1S/C29H31NO5S/c1-18(2)34-14-13-30-25(28-19(3)12-15-36-28)24(27(32)29(30)33)26(31)22-10-11-23(20(4)16-22)35-17-21-8-6-5-7-9-21/h5-12,15-16,18,25,31H,13-14,17H2,1-4H3/b26-24-. The van der Waals surface area contributed by atoms with Crippen LogP contribution in [0.4, 0.5) is 0 Å². The molecule has 3 aromatic rings. The smallest absolute Gasteiger partial charge is 0.295 e. The van der Waals surface area contributed by atoms with Gasteiger partial charge in [0, 0.05) is 17.0 Å². The lowest BCUT2D eigenvalue weighted by Gasteiger charge is -2.25. The number of benzene rings is 2. The van der Waals surface area contributed by atoms with Crippen LogP contribution in [-0.2, 0) is 20.9 Å². The molecule has 2 heterocycles. The van der Waals surface area contributed by atoms with Crippen LogP contribution in [0.3, 0.4) is 0 Å². The molecule has 1 amide bonds. The van der Waals surface area contributed by atoms with E-state index in [1.54, 1.807) is 18.2 Å². The lowest BCUT2D eigenvalue weighted by molar-refractivity contribution is -0.140. The third-order valence-electron chi connectivity index (χ3n) is 6.16. The first-order valence-corrected chi connectivity index (χ1v) is 12.9. The second-order valence-corrected chi connectivity index (χ2v) is 10.1. The molecule has 6 nitrogen and oxygen atoms in total. The normalized spacial score (nSPS) is 17.2. The minimum absolute atomic E-state index is 0.00865. The molecule has 7 heteroatoms. The number of thiophene rings is 1. The SMILES string of the molecule is Cc1cc(/C(O)=C2/C(=O)C(=O)N(CCOC(C)C)C2c2sccc2C)ccc1OCc1ccccc1. The van der Waals surface area contributed by atoms with E-state index in [-0.39, 0.29) is 24.0 Å². The Morgan fingerprint density at radius 1 is 1.06 bits per heavy atom. The number of aryl methyl sites for hydroxylation is 2. The molecule has 188 valence electrons. The summed E-state index contributed by atoms with van der Waals surface area (Å²) in [6.07, 6.45) is 0.00865. The van der Waals surface area contributed by atoms with E-state index in [1.807, 2.05) is 69.5 Å². The second kappa shape index (κ2) is 11.1. The van der Waals surface area contributed by atoms with Gasteiger partial charge < -0.3 is 19.5 Å². The predicted molar refractivity (Wildman–Crippen MR) is 141 cm³/mol. The van der Waals surface area contributed by atoms with Crippen molar-refractivity contribution in [1.82, 2.24) is 4.90 Å². The van der Waals surface area contributed by atoms with Gasteiger partial charge in [-0.1, -0.05) is 30.3 Å². The van der Waals surface area contributed by atoms with Gasteiger partial charge in [0.25, 0.3) is 11.7 Å². The molecule has 1 aliphatic rings. The van der Waals surface area contributed by atoms with Gasteiger partial charge in [0.05, 0.1) is 24.3 Å². The van der Waals surface area contributed by atoms with Gasteiger partial charge in [-0.3, -0.25) is 9.59 Å². The summed E-state index contributed by atoms with van der Waals surface area (Å²) in [6.45, 7) is 8.66. The molecule has 0 aliphatic carbocycles. The summed E-state index contributed by atoms with van der Waals surface area (Å²) < 4.78 is 11.6. The molecule has 1 aromatic heterocycles. The summed E-state index contributed by atoms with van der Waals surface area (Å²) in [5.74, 6) is -0.804. The summed E-state index contributed by atoms with van der Waals surface area (Å²) in [7, 11) is 0. The molecule has 1 unspecified atom stereocenters. The van der Waals surface area contributed by atoms with Crippen molar-refractivity contribution < 1.29 is 24.2 Å². The zero-order chi connectivity index (χ0) is 25.8. The Hall–Kier alpha value is -3.42. The molecule has 1 fully saturated rings. The van der Waals surface area contributed by atoms with Gasteiger partial charge in [-0.05, 0) is 74.0 Å². The first-order valence-electron chi connectivity index (χ1n) is 12.0. The number of ketones is 1. The number of likely N-dealkylation sites (tertiary alicyclic amines) is 1. The maximum absolute atomic E-state index is 13.2. The highest BCUT2D eigenvalue weighted by atomic mass is 32.1. The first-order chi connectivity index (χ1) is 17.3. The van der Waals surface area contributed by atoms with E-state index < -0.39 is 17.7 Å². The lowest BCUT2D eigenvalue weighted by Crippen LogP contribution is -2.33. The molecular formula is C29H31NO5S.